The Kier molecular flexibility index (Phi) is 3.77. The highest BCUT2D eigenvalue weighted by Crippen LogP contribution is 2.10. The summed E-state index contributed by atoms with van der Waals surface area (Å²) in [4.78, 5) is 0. The SMILES string of the molecule is COCc1ccc(NC(C)C)cc1. The Balaban J connectivity index is 2.59. The third kappa shape index (κ3) is 3.47. The minimum absolute atomic E-state index is 0.480. The second-order valence-electron chi connectivity index (χ2n) is 3.43. The van der Waals surface area contributed by atoms with Crippen LogP contribution >= 0.6 is 0 Å². The molecule has 2 heteroatoms. The molecule has 0 heterocycles. The first-order chi connectivity index (χ1) is 6.22. The Labute approximate surface area is 79.9 Å². The molecule has 0 aliphatic carbocycles. The van der Waals surface area contributed by atoms with Gasteiger partial charge < -0.3 is 10.1 Å². The summed E-state index contributed by atoms with van der Waals surface area (Å²) < 4.78 is 5.03. The fourth-order valence-electron chi connectivity index (χ4n) is 1.20. The molecule has 0 bridgehead atoms. The highest BCUT2D eigenvalue weighted by molar-refractivity contribution is 5.44. The van der Waals surface area contributed by atoms with Gasteiger partial charge in [0.15, 0.2) is 0 Å². The van der Waals surface area contributed by atoms with Crippen molar-refractivity contribution in [3.8, 4) is 0 Å². The number of methoxy groups -OCH3 is 1. The van der Waals surface area contributed by atoms with E-state index in [0.29, 0.717) is 12.6 Å². The summed E-state index contributed by atoms with van der Waals surface area (Å²) in [6, 6.07) is 8.79. The van der Waals surface area contributed by atoms with Gasteiger partial charge in [-0.05, 0) is 31.5 Å². The van der Waals surface area contributed by atoms with E-state index in [2.05, 4.69) is 43.4 Å². The van der Waals surface area contributed by atoms with Gasteiger partial charge in [-0.3, -0.25) is 0 Å². The lowest BCUT2D eigenvalue weighted by atomic mass is 10.2. The topological polar surface area (TPSA) is 21.3 Å². The van der Waals surface area contributed by atoms with Crippen molar-refractivity contribution in [2.75, 3.05) is 12.4 Å². The summed E-state index contributed by atoms with van der Waals surface area (Å²) in [5.74, 6) is 0. The van der Waals surface area contributed by atoms with Crippen LogP contribution in [-0.2, 0) is 11.3 Å². The van der Waals surface area contributed by atoms with Crippen LogP contribution in [0.5, 0.6) is 0 Å². The minimum atomic E-state index is 0.480. The summed E-state index contributed by atoms with van der Waals surface area (Å²) in [5.41, 5.74) is 2.37. The molecule has 1 aromatic rings. The number of rotatable bonds is 4. The zero-order chi connectivity index (χ0) is 9.68. The zero-order valence-electron chi connectivity index (χ0n) is 8.50. The first-order valence-electron chi connectivity index (χ1n) is 4.57. The van der Waals surface area contributed by atoms with Gasteiger partial charge >= 0.3 is 0 Å². The molecule has 0 fully saturated rings. The van der Waals surface area contributed by atoms with E-state index in [4.69, 9.17) is 4.74 Å². The number of nitrogens with one attached hydrogen (secondary N) is 1. The molecule has 0 spiro atoms. The summed E-state index contributed by atoms with van der Waals surface area (Å²) in [6.45, 7) is 4.94. The summed E-state index contributed by atoms with van der Waals surface area (Å²) in [6.07, 6.45) is 0. The van der Waals surface area contributed by atoms with Crippen molar-refractivity contribution in [1.29, 1.82) is 0 Å². The lowest BCUT2D eigenvalue weighted by Crippen LogP contribution is -2.09. The van der Waals surface area contributed by atoms with Crippen LogP contribution in [0.2, 0.25) is 0 Å². The molecule has 2 nitrogen and oxygen atoms in total. The second kappa shape index (κ2) is 4.87. The second-order valence-corrected chi connectivity index (χ2v) is 3.43. The largest absolute Gasteiger partial charge is 0.383 e. The Morgan fingerprint density at radius 1 is 1.23 bits per heavy atom. The monoisotopic (exact) mass is 179 g/mol. The molecular formula is C11H17NO. The molecule has 0 aliphatic rings. The fraction of sp³-hybridized carbons (Fsp3) is 0.455. The smallest absolute Gasteiger partial charge is 0.0713 e. The molecule has 72 valence electrons. The fourth-order valence-corrected chi connectivity index (χ4v) is 1.20. The Bertz CT molecular complexity index is 241. The molecular weight excluding hydrogens is 162 g/mol. The van der Waals surface area contributed by atoms with E-state index in [0.717, 1.165) is 5.69 Å². The van der Waals surface area contributed by atoms with E-state index in [1.807, 2.05) is 0 Å². The van der Waals surface area contributed by atoms with E-state index < -0.39 is 0 Å². The maximum absolute atomic E-state index is 5.03. The van der Waals surface area contributed by atoms with E-state index >= 15 is 0 Å². The third-order valence-corrected chi connectivity index (χ3v) is 1.72. The lowest BCUT2D eigenvalue weighted by molar-refractivity contribution is 0.185. The van der Waals surface area contributed by atoms with E-state index in [1.165, 1.54) is 5.56 Å². The molecule has 0 saturated heterocycles. The van der Waals surface area contributed by atoms with E-state index in [1.54, 1.807) is 7.11 Å². The normalized spacial score (nSPS) is 10.5. The van der Waals surface area contributed by atoms with E-state index in [9.17, 15) is 0 Å². The van der Waals surface area contributed by atoms with Crippen molar-refractivity contribution in [2.24, 2.45) is 0 Å². The van der Waals surface area contributed by atoms with Gasteiger partial charge in [0.05, 0.1) is 6.61 Å². The van der Waals surface area contributed by atoms with Crippen LogP contribution in [0.15, 0.2) is 24.3 Å². The van der Waals surface area contributed by atoms with Gasteiger partial charge in [0.2, 0.25) is 0 Å². The van der Waals surface area contributed by atoms with Crippen LogP contribution in [0, 0.1) is 0 Å². The lowest BCUT2D eigenvalue weighted by Gasteiger charge is -2.10. The van der Waals surface area contributed by atoms with E-state index in [-0.39, 0.29) is 0 Å². The Hall–Kier alpha value is -1.02. The maximum Gasteiger partial charge on any atom is 0.0713 e. The molecule has 0 unspecified atom stereocenters. The molecule has 0 saturated carbocycles. The summed E-state index contributed by atoms with van der Waals surface area (Å²) in [5, 5.41) is 3.33. The van der Waals surface area contributed by atoms with Crippen LogP contribution in [0.4, 0.5) is 5.69 Å². The first kappa shape index (κ1) is 10.1. The van der Waals surface area contributed by atoms with Crippen LogP contribution in [0.25, 0.3) is 0 Å². The number of ether oxygens (including phenoxy) is 1. The highest BCUT2D eigenvalue weighted by Gasteiger charge is 1.95. The summed E-state index contributed by atoms with van der Waals surface area (Å²) in [7, 11) is 1.71. The van der Waals surface area contributed by atoms with Crippen LogP contribution in [0.3, 0.4) is 0 Å². The average Bonchev–Trinajstić information content (AvgIpc) is 2.08. The number of benzene rings is 1. The van der Waals surface area contributed by atoms with Gasteiger partial charge in [-0.1, -0.05) is 12.1 Å². The quantitative estimate of drug-likeness (QED) is 0.767. The van der Waals surface area contributed by atoms with Crippen molar-refractivity contribution in [3.63, 3.8) is 0 Å². The zero-order valence-corrected chi connectivity index (χ0v) is 8.50. The maximum atomic E-state index is 5.03. The highest BCUT2D eigenvalue weighted by atomic mass is 16.5. The number of hydrogen-bond acceptors (Lipinski definition) is 2. The Morgan fingerprint density at radius 2 is 1.85 bits per heavy atom. The van der Waals surface area contributed by atoms with Gasteiger partial charge in [-0.15, -0.1) is 0 Å². The first-order valence-corrected chi connectivity index (χ1v) is 4.57. The van der Waals surface area contributed by atoms with Gasteiger partial charge in [0.25, 0.3) is 0 Å². The molecule has 1 aromatic carbocycles. The molecule has 0 atom stereocenters. The third-order valence-electron chi connectivity index (χ3n) is 1.72. The molecule has 0 radical (unpaired) electrons. The minimum Gasteiger partial charge on any atom is -0.383 e. The van der Waals surface area contributed by atoms with Crippen molar-refractivity contribution in [3.05, 3.63) is 29.8 Å². The number of hydrogen-bond donors (Lipinski definition) is 1. The molecule has 13 heavy (non-hydrogen) atoms. The number of anilines is 1. The van der Waals surface area contributed by atoms with Gasteiger partial charge in [0, 0.05) is 18.8 Å². The molecule has 1 N–H and O–H groups in total. The summed E-state index contributed by atoms with van der Waals surface area (Å²) >= 11 is 0. The van der Waals surface area contributed by atoms with Crippen molar-refractivity contribution >= 4 is 5.69 Å². The van der Waals surface area contributed by atoms with Crippen molar-refractivity contribution < 1.29 is 4.74 Å². The van der Waals surface area contributed by atoms with Crippen molar-refractivity contribution in [1.82, 2.24) is 0 Å². The van der Waals surface area contributed by atoms with Gasteiger partial charge in [0.1, 0.15) is 0 Å². The van der Waals surface area contributed by atoms with Gasteiger partial charge in [-0.25, -0.2) is 0 Å². The van der Waals surface area contributed by atoms with Crippen LogP contribution < -0.4 is 5.32 Å². The molecule has 0 aliphatic heterocycles. The standard InChI is InChI=1S/C11H17NO/c1-9(2)12-11-6-4-10(5-7-11)8-13-3/h4-7,9,12H,8H2,1-3H3. The van der Waals surface area contributed by atoms with Crippen LogP contribution in [0.1, 0.15) is 19.4 Å². The van der Waals surface area contributed by atoms with Crippen LogP contribution in [-0.4, -0.2) is 13.2 Å². The molecule has 0 amide bonds. The van der Waals surface area contributed by atoms with Crippen molar-refractivity contribution in [2.45, 2.75) is 26.5 Å². The molecule has 0 aromatic heterocycles. The predicted molar refractivity (Wildman–Crippen MR) is 55.9 cm³/mol. The average molecular weight is 179 g/mol. The predicted octanol–water partition coefficient (Wildman–Crippen LogP) is 2.65. The Morgan fingerprint density at radius 3 is 2.31 bits per heavy atom. The van der Waals surface area contributed by atoms with Gasteiger partial charge in [-0.2, -0.15) is 0 Å². The molecule has 1 rings (SSSR count).